The number of carbonyl (C=O) groups is 1. The summed E-state index contributed by atoms with van der Waals surface area (Å²) in [6, 6.07) is 10.7. The van der Waals surface area contributed by atoms with Gasteiger partial charge in [0.2, 0.25) is 5.91 Å². The van der Waals surface area contributed by atoms with E-state index in [-0.39, 0.29) is 18.3 Å². The average Bonchev–Trinajstić information content (AvgIpc) is 2.89. The fourth-order valence-electron chi connectivity index (χ4n) is 2.70. The van der Waals surface area contributed by atoms with E-state index < -0.39 is 0 Å². The molecule has 2 rings (SSSR count). The first-order chi connectivity index (χ1) is 9.16. The van der Waals surface area contributed by atoms with Gasteiger partial charge in [-0.3, -0.25) is 4.79 Å². The lowest BCUT2D eigenvalue weighted by molar-refractivity contribution is -0.122. The molecule has 3 nitrogen and oxygen atoms in total. The van der Waals surface area contributed by atoms with Crippen molar-refractivity contribution in [3.8, 4) is 0 Å². The van der Waals surface area contributed by atoms with Crippen molar-refractivity contribution in [2.75, 3.05) is 13.1 Å². The van der Waals surface area contributed by atoms with E-state index in [0.29, 0.717) is 24.3 Å². The summed E-state index contributed by atoms with van der Waals surface area (Å²) >= 11 is 0. The number of benzene rings is 1. The molecule has 4 heteroatoms. The van der Waals surface area contributed by atoms with Crippen molar-refractivity contribution in [1.29, 1.82) is 0 Å². The highest BCUT2D eigenvalue weighted by molar-refractivity contribution is 5.85. The lowest BCUT2D eigenvalue weighted by atomic mass is 9.85. The molecule has 0 bridgehead atoms. The number of nitrogens with one attached hydrogen (secondary N) is 2. The number of hydrogen-bond acceptors (Lipinski definition) is 2. The van der Waals surface area contributed by atoms with Gasteiger partial charge in [0.05, 0.1) is 0 Å². The van der Waals surface area contributed by atoms with Gasteiger partial charge >= 0.3 is 0 Å². The third-order valence-electron chi connectivity index (χ3n) is 3.86. The first-order valence-electron chi connectivity index (χ1n) is 7.22. The van der Waals surface area contributed by atoms with Crippen molar-refractivity contribution in [3.63, 3.8) is 0 Å². The fourth-order valence-corrected chi connectivity index (χ4v) is 2.70. The van der Waals surface area contributed by atoms with E-state index >= 15 is 0 Å². The molecule has 1 aliphatic rings. The largest absolute Gasteiger partial charge is 0.352 e. The van der Waals surface area contributed by atoms with Crippen LogP contribution in [0.3, 0.4) is 0 Å². The predicted molar refractivity (Wildman–Crippen MR) is 85.3 cm³/mol. The van der Waals surface area contributed by atoms with Gasteiger partial charge in [0.25, 0.3) is 0 Å². The Morgan fingerprint density at radius 2 is 2.05 bits per heavy atom. The molecular formula is C16H25ClN2O. The Balaban J connectivity index is 0.00000200. The lowest BCUT2D eigenvalue weighted by Crippen LogP contribution is -2.37. The van der Waals surface area contributed by atoms with E-state index in [1.54, 1.807) is 0 Å². The topological polar surface area (TPSA) is 41.1 Å². The Kier molecular flexibility index (Phi) is 7.03. The molecule has 0 aliphatic carbocycles. The summed E-state index contributed by atoms with van der Waals surface area (Å²) in [7, 11) is 0. The van der Waals surface area contributed by atoms with E-state index in [1.165, 1.54) is 5.56 Å². The Hall–Kier alpha value is -1.06. The number of halogens is 1. The molecule has 2 N–H and O–H groups in total. The van der Waals surface area contributed by atoms with E-state index in [9.17, 15) is 4.79 Å². The van der Waals surface area contributed by atoms with Crippen molar-refractivity contribution >= 4 is 18.3 Å². The first-order valence-corrected chi connectivity index (χ1v) is 7.22. The van der Waals surface area contributed by atoms with Crippen LogP contribution in [0.5, 0.6) is 0 Å². The third kappa shape index (κ3) is 4.80. The van der Waals surface area contributed by atoms with Gasteiger partial charge in [-0.25, -0.2) is 0 Å². The molecule has 1 fully saturated rings. The molecule has 1 aromatic carbocycles. The summed E-state index contributed by atoms with van der Waals surface area (Å²) in [4.78, 5) is 12.1. The minimum absolute atomic E-state index is 0. The summed E-state index contributed by atoms with van der Waals surface area (Å²) < 4.78 is 0. The van der Waals surface area contributed by atoms with Gasteiger partial charge in [-0.15, -0.1) is 12.4 Å². The number of amides is 1. The number of hydrogen-bond donors (Lipinski definition) is 2. The van der Waals surface area contributed by atoms with Gasteiger partial charge in [0, 0.05) is 19.0 Å². The quantitative estimate of drug-likeness (QED) is 0.877. The summed E-state index contributed by atoms with van der Waals surface area (Å²) in [5.41, 5.74) is 1.26. The van der Waals surface area contributed by atoms with Gasteiger partial charge in [-0.2, -0.15) is 0 Å². The zero-order chi connectivity index (χ0) is 13.7. The molecule has 2 atom stereocenters. The minimum atomic E-state index is 0. The van der Waals surface area contributed by atoms with Gasteiger partial charge in [-0.05, 0) is 30.4 Å². The highest BCUT2D eigenvalue weighted by Gasteiger charge is 2.22. The minimum Gasteiger partial charge on any atom is -0.352 e. The molecule has 1 aromatic rings. The Morgan fingerprint density at radius 1 is 1.35 bits per heavy atom. The molecule has 0 aromatic heterocycles. The highest BCUT2D eigenvalue weighted by Crippen LogP contribution is 2.27. The second kappa shape index (κ2) is 8.28. The van der Waals surface area contributed by atoms with Gasteiger partial charge in [-0.1, -0.05) is 44.2 Å². The molecule has 0 radical (unpaired) electrons. The van der Waals surface area contributed by atoms with Crippen LogP contribution in [0.1, 0.15) is 38.2 Å². The van der Waals surface area contributed by atoms with Crippen molar-refractivity contribution < 1.29 is 4.79 Å². The van der Waals surface area contributed by atoms with Crippen LogP contribution in [0.2, 0.25) is 0 Å². The van der Waals surface area contributed by atoms with Crippen molar-refractivity contribution in [1.82, 2.24) is 10.6 Å². The van der Waals surface area contributed by atoms with Crippen LogP contribution >= 0.6 is 12.4 Å². The maximum absolute atomic E-state index is 12.1. The van der Waals surface area contributed by atoms with E-state index in [1.807, 2.05) is 18.2 Å². The Morgan fingerprint density at radius 3 is 2.60 bits per heavy atom. The maximum atomic E-state index is 12.1. The second-order valence-corrected chi connectivity index (χ2v) is 5.72. The molecule has 0 saturated carbocycles. The zero-order valence-corrected chi connectivity index (χ0v) is 13.1. The molecule has 112 valence electrons. The highest BCUT2D eigenvalue weighted by atomic mass is 35.5. The van der Waals surface area contributed by atoms with Crippen LogP contribution in [-0.2, 0) is 4.79 Å². The zero-order valence-electron chi connectivity index (χ0n) is 12.3. The van der Waals surface area contributed by atoms with Crippen molar-refractivity contribution in [3.05, 3.63) is 35.9 Å². The summed E-state index contributed by atoms with van der Waals surface area (Å²) in [5, 5.41) is 6.40. The van der Waals surface area contributed by atoms with Crippen LogP contribution in [0.4, 0.5) is 0 Å². The van der Waals surface area contributed by atoms with Crippen molar-refractivity contribution in [2.24, 2.45) is 5.92 Å². The molecule has 2 unspecified atom stereocenters. The van der Waals surface area contributed by atoms with E-state index in [4.69, 9.17) is 0 Å². The normalized spacial score (nSPS) is 19.4. The van der Waals surface area contributed by atoms with Crippen LogP contribution in [-0.4, -0.2) is 25.0 Å². The maximum Gasteiger partial charge on any atom is 0.220 e. The third-order valence-corrected chi connectivity index (χ3v) is 3.86. The van der Waals surface area contributed by atoms with E-state index in [2.05, 4.69) is 36.6 Å². The summed E-state index contributed by atoms with van der Waals surface area (Å²) in [6.45, 7) is 6.28. The average molecular weight is 297 g/mol. The number of carbonyl (C=O) groups excluding carboxylic acids is 1. The molecule has 1 saturated heterocycles. The summed E-state index contributed by atoms with van der Waals surface area (Å²) in [5.74, 6) is 0.946. The Bertz CT molecular complexity index is 402. The molecule has 1 amide bonds. The van der Waals surface area contributed by atoms with Gasteiger partial charge < -0.3 is 10.6 Å². The van der Waals surface area contributed by atoms with Gasteiger partial charge in [0.15, 0.2) is 0 Å². The summed E-state index contributed by atoms with van der Waals surface area (Å²) in [6.07, 6.45) is 1.63. The van der Waals surface area contributed by atoms with Crippen molar-refractivity contribution in [2.45, 2.75) is 38.6 Å². The predicted octanol–water partition coefficient (Wildman–Crippen LogP) is 2.72. The molecule has 20 heavy (non-hydrogen) atoms. The second-order valence-electron chi connectivity index (χ2n) is 5.72. The number of rotatable bonds is 5. The Labute approximate surface area is 127 Å². The van der Waals surface area contributed by atoms with E-state index in [0.717, 1.165) is 19.5 Å². The van der Waals surface area contributed by atoms with Gasteiger partial charge in [0.1, 0.15) is 0 Å². The molecule has 1 heterocycles. The fraction of sp³-hybridized carbons (Fsp3) is 0.562. The first kappa shape index (κ1) is 17.0. The molecule has 1 aliphatic heterocycles. The molecular weight excluding hydrogens is 272 g/mol. The smallest absolute Gasteiger partial charge is 0.220 e. The van der Waals surface area contributed by atoms with Crippen LogP contribution in [0.15, 0.2) is 30.3 Å². The SMILES string of the molecule is CC(C)C(CC(=O)NC1CCNC1)c1ccccc1.Cl. The van der Waals surface area contributed by atoms with Crippen LogP contribution < -0.4 is 10.6 Å². The lowest BCUT2D eigenvalue weighted by Gasteiger charge is -2.22. The van der Waals surface area contributed by atoms with Crippen LogP contribution in [0, 0.1) is 5.92 Å². The monoisotopic (exact) mass is 296 g/mol. The standard InChI is InChI=1S/C16H24N2O.ClH/c1-12(2)15(13-6-4-3-5-7-13)10-16(19)18-14-8-9-17-11-14;/h3-7,12,14-15,17H,8-11H2,1-2H3,(H,18,19);1H. The molecule has 0 spiro atoms. The van der Waals surface area contributed by atoms with Crippen LogP contribution in [0.25, 0.3) is 0 Å².